The highest BCUT2D eigenvalue weighted by atomic mass is 16.6. The van der Waals surface area contributed by atoms with Gasteiger partial charge in [0.2, 0.25) is 0 Å². The molecule has 0 fully saturated rings. The summed E-state index contributed by atoms with van der Waals surface area (Å²) < 4.78 is 15.2. The lowest BCUT2D eigenvalue weighted by Crippen LogP contribution is -2.18. The molecule has 0 saturated carbocycles. The number of nitrogens with one attached hydrogen (secondary N) is 1. The molecule has 0 aliphatic heterocycles. The molecule has 26 heavy (non-hydrogen) atoms. The van der Waals surface area contributed by atoms with Crippen LogP contribution in [0.25, 0.3) is 5.57 Å². The van der Waals surface area contributed by atoms with Crippen molar-refractivity contribution >= 4 is 23.5 Å². The molecular weight excluding hydrogens is 336 g/mol. The molecule has 1 atom stereocenters. The number of nitrogens with zero attached hydrogens (tertiary/aromatic N) is 1. The predicted molar refractivity (Wildman–Crippen MR) is 96.2 cm³/mol. The van der Waals surface area contributed by atoms with Crippen molar-refractivity contribution in [1.82, 2.24) is 4.98 Å². The maximum absolute atomic E-state index is 12.1. The van der Waals surface area contributed by atoms with Crippen molar-refractivity contribution in [2.24, 2.45) is 0 Å². The lowest BCUT2D eigenvalue weighted by Gasteiger charge is -2.18. The van der Waals surface area contributed by atoms with Gasteiger partial charge in [-0.3, -0.25) is 5.32 Å². The van der Waals surface area contributed by atoms with E-state index in [0.717, 1.165) is 0 Å². The van der Waals surface area contributed by atoms with Gasteiger partial charge in [-0.1, -0.05) is 30.3 Å². The number of hydrogen-bond donors (Lipinski definition) is 1. The predicted octanol–water partition coefficient (Wildman–Crippen LogP) is 3.55. The molecule has 0 radical (unpaired) electrons. The smallest absolute Gasteiger partial charge is 0.413 e. The van der Waals surface area contributed by atoms with Crippen molar-refractivity contribution in [2.45, 2.75) is 13.0 Å². The third-order valence-corrected chi connectivity index (χ3v) is 3.51. The van der Waals surface area contributed by atoms with Crippen molar-refractivity contribution in [3.8, 4) is 0 Å². The van der Waals surface area contributed by atoms with Crippen LogP contribution in [0.1, 0.15) is 24.2 Å². The first-order valence-electron chi connectivity index (χ1n) is 7.86. The zero-order valence-electron chi connectivity index (χ0n) is 14.8. The molecule has 1 heterocycles. The van der Waals surface area contributed by atoms with Crippen LogP contribution in [0.3, 0.4) is 0 Å². The molecule has 7 heteroatoms. The summed E-state index contributed by atoms with van der Waals surface area (Å²) in [6.45, 7) is 1.71. The van der Waals surface area contributed by atoms with E-state index in [-0.39, 0.29) is 5.57 Å². The minimum Gasteiger partial charge on any atom is -0.503 e. The van der Waals surface area contributed by atoms with Crippen LogP contribution in [0.5, 0.6) is 0 Å². The van der Waals surface area contributed by atoms with Crippen LogP contribution in [-0.4, -0.2) is 31.3 Å². The fourth-order valence-corrected chi connectivity index (χ4v) is 2.34. The highest BCUT2D eigenvalue weighted by molar-refractivity contribution is 6.16. The van der Waals surface area contributed by atoms with E-state index in [0.29, 0.717) is 16.9 Å². The highest BCUT2D eigenvalue weighted by Crippen LogP contribution is 2.28. The van der Waals surface area contributed by atoms with Crippen molar-refractivity contribution in [1.29, 1.82) is 0 Å². The first kappa shape index (κ1) is 19.0. The number of ether oxygens (including phenoxy) is 3. The summed E-state index contributed by atoms with van der Waals surface area (Å²) >= 11 is 0. The Kier molecular flexibility index (Phi) is 6.73. The molecule has 0 saturated heterocycles. The average molecular weight is 356 g/mol. The van der Waals surface area contributed by atoms with Crippen LogP contribution in [-0.2, 0) is 19.0 Å². The molecule has 1 aromatic carbocycles. The Labute approximate surface area is 151 Å². The van der Waals surface area contributed by atoms with Gasteiger partial charge in [0.25, 0.3) is 0 Å². The van der Waals surface area contributed by atoms with E-state index < -0.39 is 18.2 Å². The van der Waals surface area contributed by atoms with Gasteiger partial charge in [0.15, 0.2) is 0 Å². The van der Waals surface area contributed by atoms with Gasteiger partial charge in [0, 0.05) is 11.8 Å². The number of benzene rings is 1. The minimum atomic E-state index is -0.652. The maximum Gasteiger partial charge on any atom is 0.413 e. The first-order valence-corrected chi connectivity index (χ1v) is 7.86. The number of hydrogen-bond acceptors (Lipinski definition) is 6. The summed E-state index contributed by atoms with van der Waals surface area (Å²) in [7, 11) is 2.72. The zero-order chi connectivity index (χ0) is 18.9. The molecule has 136 valence electrons. The Bertz CT molecular complexity index is 790. The fraction of sp³-hybridized carbons (Fsp3) is 0.211. The normalized spacial score (nSPS) is 12.0. The average Bonchev–Trinajstić information content (AvgIpc) is 2.66. The number of anilines is 1. The van der Waals surface area contributed by atoms with Gasteiger partial charge >= 0.3 is 12.1 Å². The number of methoxy groups -OCH3 is 2. The number of amides is 1. The Morgan fingerprint density at radius 1 is 1.12 bits per heavy atom. The molecule has 1 amide bonds. The second-order valence-corrected chi connectivity index (χ2v) is 5.23. The van der Waals surface area contributed by atoms with E-state index >= 15 is 0 Å². The first-order chi connectivity index (χ1) is 12.6. The minimum absolute atomic E-state index is 0.228. The summed E-state index contributed by atoms with van der Waals surface area (Å²) in [5.74, 6) is -0.169. The van der Waals surface area contributed by atoms with Crippen LogP contribution in [0.2, 0.25) is 0 Å². The maximum atomic E-state index is 12.1. The second-order valence-electron chi connectivity index (χ2n) is 5.23. The molecule has 1 N–H and O–H groups in total. The van der Waals surface area contributed by atoms with Gasteiger partial charge in [0.05, 0.1) is 20.5 Å². The quantitative estimate of drug-likeness (QED) is 0.484. The number of esters is 1. The molecule has 0 aliphatic carbocycles. The van der Waals surface area contributed by atoms with Crippen molar-refractivity contribution < 1.29 is 23.8 Å². The topological polar surface area (TPSA) is 86.8 Å². The van der Waals surface area contributed by atoms with Gasteiger partial charge < -0.3 is 14.2 Å². The van der Waals surface area contributed by atoms with Crippen LogP contribution >= 0.6 is 0 Å². The van der Waals surface area contributed by atoms with Crippen LogP contribution in [0.15, 0.2) is 54.9 Å². The number of aromatic nitrogens is 1. The monoisotopic (exact) mass is 356 g/mol. The molecule has 0 aliphatic rings. The molecule has 7 nitrogen and oxygen atoms in total. The standard InChI is InChI=1S/C19H20N2O5/c1-13(26-19(23)21-17-10-6-7-11-20-17)14-8-4-5-9-15(14)16(12-24-2)18(22)25-3/h4-13H,1-3H3,(H,20,21,23)/b16-12+. The molecule has 1 aromatic heterocycles. The van der Waals surface area contributed by atoms with Gasteiger partial charge in [-0.2, -0.15) is 0 Å². The van der Waals surface area contributed by atoms with Crippen LogP contribution in [0, 0.1) is 0 Å². The number of carbonyl (C=O) groups is 2. The summed E-state index contributed by atoms with van der Waals surface area (Å²) in [6, 6.07) is 12.2. The summed E-state index contributed by atoms with van der Waals surface area (Å²) in [4.78, 5) is 28.1. The Morgan fingerprint density at radius 3 is 2.50 bits per heavy atom. The summed E-state index contributed by atoms with van der Waals surface area (Å²) in [5, 5.41) is 2.55. The molecule has 0 bridgehead atoms. The summed E-state index contributed by atoms with van der Waals surface area (Å²) in [5.41, 5.74) is 1.42. The fourth-order valence-electron chi connectivity index (χ4n) is 2.34. The Morgan fingerprint density at radius 2 is 1.85 bits per heavy atom. The molecule has 2 aromatic rings. The molecule has 0 spiro atoms. The van der Waals surface area contributed by atoms with E-state index in [9.17, 15) is 9.59 Å². The third kappa shape index (κ3) is 4.83. The molecular formula is C19H20N2O5. The van der Waals surface area contributed by atoms with Crippen molar-refractivity contribution in [3.05, 3.63) is 66.1 Å². The second kappa shape index (κ2) is 9.22. The van der Waals surface area contributed by atoms with E-state index in [1.54, 1.807) is 55.6 Å². The number of carbonyl (C=O) groups excluding carboxylic acids is 2. The highest BCUT2D eigenvalue weighted by Gasteiger charge is 2.21. The molecule has 1 unspecified atom stereocenters. The number of rotatable bonds is 6. The SMILES string of the molecule is CO/C=C(/C(=O)OC)c1ccccc1C(C)OC(=O)Nc1ccccn1. The largest absolute Gasteiger partial charge is 0.503 e. The molecule has 2 rings (SSSR count). The van der Waals surface area contributed by atoms with Gasteiger partial charge in [0.1, 0.15) is 17.5 Å². The van der Waals surface area contributed by atoms with Gasteiger partial charge in [-0.05, 0) is 24.6 Å². The lowest BCUT2D eigenvalue weighted by molar-refractivity contribution is -0.133. The van der Waals surface area contributed by atoms with E-state index in [2.05, 4.69) is 10.3 Å². The van der Waals surface area contributed by atoms with Crippen molar-refractivity contribution in [3.63, 3.8) is 0 Å². The Hall–Kier alpha value is -3.35. The van der Waals surface area contributed by atoms with E-state index in [4.69, 9.17) is 14.2 Å². The van der Waals surface area contributed by atoms with Gasteiger partial charge in [-0.25, -0.2) is 14.6 Å². The van der Waals surface area contributed by atoms with Crippen LogP contribution in [0.4, 0.5) is 10.6 Å². The van der Waals surface area contributed by atoms with Crippen LogP contribution < -0.4 is 5.32 Å². The Balaban J connectivity index is 2.21. The van der Waals surface area contributed by atoms with Gasteiger partial charge in [-0.15, -0.1) is 0 Å². The number of pyridine rings is 1. The van der Waals surface area contributed by atoms with Crippen molar-refractivity contribution in [2.75, 3.05) is 19.5 Å². The van der Waals surface area contributed by atoms with E-state index in [1.165, 1.54) is 20.5 Å². The van der Waals surface area contributed by atoms with E-state index in [1.807, 2.05) is 0 Å². The zero-order valence-corrected chi connectivity index (χ0v) is 14.8. The lowest BCUT2D eigenvalue weighted by atomic mass is 9.97. The third-order valence-electron chi connectivity index (χ3n) is 3.51. The summed E-state index contributed by atoms with van der Waals surface area (Å²) in [6.07, 6.45) is 1.58.